The van der Waals surface area contributed by atoms with Crippen LogP contribution in [0, 0.1) is 0 Å². The highest BCUT2D eigenvalue weighted by Crippen LogP contribution is 2.40. The molecule has 0 unspecified atom stereocenters. The standard InChI is InChI=1S/C22H23N5O2S/c1-26(2)21(29)16-7-6-8-17(13-16)23-19(28)14-30-22-24-20(15-11-12-15)27(25-22)18-9-4-3-5-10-18/h3-10,13,15H,11-12,14H2,1-2H3,(H,23,28). The Morgan fingerprint density at radius 2 is 1.90 bits per heavy atom. The van der Waals surface area contributed by atoms with E-state index in [1.54, 1.807) is 38.4 Å². The molecule has 0 spiro atoms. The fraction of sp³-hybridized carbons (Fsp3) is 0.273. The lowest BCUT2D eigenvalue weighted by molar-refractivity contribution is -0.113. The van der Waals surface area contributed by atoms with Crippen molar-refractivity contribution in [3.63, 3.8) is 0 Å². The van der Waals surface area contributed by atoms with Gasteiger partial charge in [0.2, 0.25) is 11.1 Å². The van der Waals surface area contributed by atoms with Gasteiger partial charge in [-0.1, -0.05) is 36.0 Å². The number of anilines is 1. The fourth-order valence-electron chi connectivity index (χ4n) is 3.05. The zero-order valence-corrected chi connectivity index (χ0v) is 17.7. The van der Waals surface area contributed by atoms with Crippen molar-refractivity contribution in [1.29, 1.82) is 0 Å². The topological polar surface area (TPSA) is 80.1 Å². The van der Waals surface area contributed by atoms with Crippen LogP contribution in [0.3, 0.4) is 0 Å². The van der Waals surface area contributed by atoms with E-state index >= 15 is 0 Å². The van der Waals surface area contributed by atoms with Gasteiger partial charge in [0.25, 0.3) is 5.91 Å². The Kier molecular flexibility index (Phi) is 5.85. The summed E-state index contributed by atoms with van der Waals surface area (Å²) in [7, 11) is 3.39. The molecule has 4 rings (SSSR count). The van der Waals surface area contributed by atoms with Gasteiger partial charge in [-0.2, -0.15) is 0 Å². The van der Waals surface area contributed by atoms with E-state index in [0.29, 0.717) is 22.3 Å². The van der Waals surface area contributed by atoms with Crippen molar-refractivity contribution in [2.45, 2.75) is 23.9 Å². The van der Waals surface area contributed by atoms with Gasteiger partial charge >= 0.3 is 0 Å². The van der Waals surface area contributed by atoms with Gasteiger partial charge in [0, 0.05) is 31.3 Å². The number of hydrogen-bond acceptors (Lipinski definition) is 5. The van der Waals surface area contributed by atoms with Crippen molar-refractivity contribution in [2.24, 2.45) is 0 Å². The van der Waals surface area contributed by atoms with Crippen LogP contribution in [0.2, 0.25) is 0 Å². The third-order valence-corrected chi connectivity index (χ3v) is 5.53. The van der Waals surface area contributed by atoms with Crippen LogP contribution in [0.5, 0.6) is 0 Å². The predicted octanol–water partition coefficient (Wildman–Crippen LogP) is 3.58. The molecule has 0 aliphatic heterocycles. The maximum absolute atomic E-state index is 12.4. The Morgan fingerprint density at radius 3 is 2.60 bits per heavy atom. The van der Waals surface area contributed by atoms with Crippen LogP contribution in [0.15, 0.2) is 59.8 Å². The summed E-state index contributed by atoms with van der Waals surface area (Å²) >= 11 is 1.31. The number of hydrogen-bond donors (Lipinski definition) is 1. The van der Waals surface area contributed by atoms with E-state index < -0.39 is 0 Å². The average Bonchev–Trinajstić information content (AvgIpc) is 3.51. The molecule has 1 fully saturated rings. The molecular formula is C22H23N5O2S. The van der Waals surface area contributed by atoms with Crippen LogP contribution in [-0.4, -0.2) is 51.3 Å². The number of aromatic nitrogens is 3. The zero-order valence-electron chi connectivity index (χ0n) is 16.9. The number of rotatable bonds is 7. The van der Waals surface area contributed by atoms with Gasteiger partial charge in [-0.25, -0.2) is 9.67 Å². The number of nitrogens with one attached hydrogen (secondary N) is 1. The number of thioether (sulfide) groups is 1. The summed E-state index contributed by atoms with van der Waals surface area (Å²) in [6, 6.07) is 16.9. The van der Waals surface area contributed by atoms with E-state index in [1.165, 1.54) is 16.7 Å². The minimum absolute atomic E-state index is 0.108. The maximum Gasteiger partial charge on any atom is 0.253 e. The van der Waals surface area contributed by atoms with Crippen LogP contribution >= 0.6 is 11.8 Å². The lowest BCUT2D eigenvalue weighted by Gasteiger charge is -2.11. The van der Waals surface area contributed by atoms with Gasteiger partial charge in [-0.15, -0.1) is 5.10 Å². The van der Waals surface area contributed by atoms with Gasteiger partial charge < -0.3 is 10.2 Å². The molecule has 0 atom stereocenters. The van der Waals surface area contributed by atoms with Crippen molar-refractivity contribution < 1.29 is 9.59 Å². The number of benzene rings is 2. The second kappa shape index (κ2) is 8.71. The number of amides is 2. The Morgan fingerprint density at radius 1 is 1.13 bits per heavy atom. The molecule has 0 radical (unpaired) electrons. The molecule has 1 aliphatic rings. The summed E-state index contributed by atoms with van der Waals surface area (Å²) in [4.78, 5) is 30.7. The van der Waals surface area contributed by atoms with E-state index in [9.17, 15) is 9.59 Å². The van der Waals surface area contributed by atoms with E-state index in [2.05, 4.69) is 15.4 Å². The van der Waals surface area contributed by atoms with Gasteiger partial charge in [0.15, 0.2) is 0 Å². The second-order valence-corrected chi connectivity index (χ2v) is 8.33. The first kappa shape index (κ1) is 20.2. The van der Waals surface area contributed by atoms with Crippen LogP contribution in [-0.2, 0) is 4.79 Å². The highest BCUT2D eigenvalue weighted by molar-refractivity contribution is 7.99. The molecule has 1 N–H and O–H groups in total. The van der Waals surface area contributed by atoms with Crippen LogP contribution < -0.4 is 5.32 Å². The van der Waals surface area contributed by atoms with Crippen LogP contribution in [0.4, 0.5) is 5.69 Å². The first-order valence-electron chi connectivity index (χ1n) is 9.78. The molecule has 2 amide bonds. The molecule has 2 aromatic carbocycles. The number of carbonyl (C=O) groups is 2. The van der Waals surface area contributed by atoms with E-state index in [-0.39, 0.29) is 17.6 Å². The Hall–Kier alpha value is -3.13. The third kappa shape index (κ3) is 4.71. The molecule has 7 nitrogen and oxygen atoms in total. The monoisotopic (exact) mass is 421 g/mol. The smallest absolute Gasteiger partial charge is 0.253 e. The van der Waals surface area contributed by atoms with Crippen molar-refractivity contribution in [3.05, 3.63) is 66.0 Å². The molecule has 1 aromatic heterocycles. The molecule has 0 saturated heterocycles. The summed E-state index contributed by atoms with van der Waals surface area (Å²) < 4.78 is 1.88. The van der Waals surface area contributed by atoms with Gasteiger partial charge in [-0.3, -0.25) is 9.59 Å². The molecule has 8 heteroatoms. The predicted molar refractivity (Wildman–Crippen MR) is 117 cm³/mol. The highest BCUT2D eigenvalue weighted by Gasteiger charge is 2.30. The highest BCUT2D eigenvalue weighted by atomic mass is 32.2. The third-order valence-electron chi connectivity index (χ3n) is 4.69. The van der Waals surface area contributed by atoms with Crippen molar-refractivity contribution in [2.75, 3.05) is 25.2 Å². The summed E-state index contributed by atoms with van der Waals surface area (Å²) in [5.74, 6) is 1.31. The summed E-state index contributed by atoms with van der Waals surface area (Å²) in [6.07, 6.45) is 2.25. The summed E-state index contributed by atoms with van der Waals surface area (Å²) in [6.45, 7) is 0. The Bertz CT molecular complexity index is 1060. The lowest BCUT2D eigenvalue weighted by Crippen LogP contribution is -2.22. The van der Waals surface area contributed by atoms with Crippen LogP contribution in [0.1, 0.15) is 34.9 Å². The summed E-state index contributed by atoms with van der Waals surface area (Å²) in [5.41, 5.74) is 2.10. The number of nitrogens with zero attached hydrogens (tertiary/aromatic N) is 4. The molecule has 154 valence electrons. The minimum Gasteiger partial charge on any atom is -0.345 e. The van der Waals surface area contributed by atoms with Crippen LogP contribution in [0.25, 0.3) is 5.69 Å². The molecule has 1 heterocycles. The molecule has 1 saturated carbocycles. The molecule has 30 heavy (non-hydrogen) atoms. The summed E-state index contributed by atoms with van der Waals surface area (Å²) in [5, 5.41) is 8.05. The molecule has 3 aromatic rings. The fourth-order valence-corrected chi connectivity index (χ4v) is 3.68. The Balaban J connectivity index is 1.41. The van der Waals surface area contributed by atoms with Crippen molar-refractivity contribution in [3.8, 4) is 5.69 Å². The van der Waals surface area contributed by atoms with E-state index in [1.807, 2.05) is 35.0 Å². The average molecular weight is 422 g/mol. The van der Waals surface area contributed by atoms with Crippen molar-refractivity contribution in [1.82, 2.24) is 19.7 Å². The zero-order chi connectivity index (χ0) is 21.1. The maximum atomic E-state index is 12.4. The van der Waals surface area contributed by atoms with Gasteiger partial charge in [0.1, 0.15) is 5.82 Å². The first-order chi connectivity index (χ1) is 14.5. The van der Waals surface area contributed by atoms with E-state index in [4.69, 9.17) is 0 Å². The van der Waals surface area contributed by atoms with Crippen molar-refractivity contribution >= 4 is 29.3 Å². The number of para-hydroxylation sites is 1. The minimum atomic E-state index is -0.168. The molecular weight excluding hydrogens is 398 g/mol. The lowest BCUT2D eigenvalue weighted by atomic mass is 10.2. The first-order valence-corrected chi connectivity index (χ1v) is 10.8. The van der Waals surface area contributed by atoms with E-state index in [0.717, 1.165) is 24.4 Å². The SMILES string of the molecule is CN(C)C(=O)c1cccc(NC(=O)CSc2nc(C3CC3)n(-c3ccccc3)n2)c1. The second-order valence-electron chi connectivity index (χ2n) is 7.39. The Labute approximate surface area is 179 Å². The normalized spacial score (nSPS) is 13.1. The van der Waals surface area contributed by atoms with Gasteiger partial charge in [0.05, 0.1) is 11.4 Å². The van der Waals surface area contributed by atoms with Gasteiger partial charge in [-0.05, 0) is 43.2 Å². The quantitative estimate of drug-likeness (QED) is 0.590. The number of carbonyl (C=O) groups excluding carboxylic acids is 2. The molecule has 0 bridgehead atoms. The largest absolute Gasteiger partial charge is 0.345 e. The molecule has 1 aliphatic carbocycles.